The molecule has 0 saturated carbocycles. The van der Waals surface area contributed by atoms with Crippen LogP contribution < -0.4 is 5.32 Å². The molecule has 2 aromatic heterocycles. The standard InChI is InChI=1S/C14H10N2OS/c17-14(16-12-2-1-6-15-9-12)11-3-4-13-10(8-11)5-7-18-13/h1-9H,(H,16,17). The number of anilines is 1. The van der Waals surface area contributed by atoms with Crippen LogP contribution in [0.5, 0.6) is 0 Å². The summed E-state index contributed by atoms with van der Waals surface area (Å²) < 4.78 is 1.19. The second-order valence-corrected chi connectivity index (χ2v) is 4.82. The van der Waals surface area contributed by atoms with E-state index in [1.807, 2.05) is 35.7 Å². The molecule has 0 radical (unpaired) electrons. The van der Waals surface area contributed by atoms with E-state index in [-0.39, 0.29) is 5.91 Å². The van der Waals surface area contributed by atoms with Crippen LogP contribution >= 0.6 is 11.3 Å². The molecule has 0 aliphatic heterocycles. The first-order valence-corrected chi connectivity index (χ1v) is 6.39. The fourth-order valence-corrected chi connectivity index (χ4v) is 2.52. The lowest BCUT2D eigenvalue weighted by atomic mass is 10.1. The summed E-state index contributed by atoms with van der Waals surface area (Å²) in [6.45, 7) is 0. The molecule has 88 valence electrons. The van der Waals surface area contributed by atoms with E-state index in [0.717, 1.165) is 5.39 Å². The molecule has 0 saturated heterocycles. The minimum atomic E-state index is -0.115. The van der Waals surface area contributed by atoms with Gasteiger partial charge in [-0.1, -0.05) is 0 Å². The summed E-state index contributed by atoms with van der Waals surface area (Å²) >= 11 is 1.67. The third-order valence-electron chi connectivity index (χ3n) is 2.63. The average Bonchev–Trinajstić information content (AvgIpc) is 2.87. The maximum atomic E-state index is 12.0. The van der Waals surface area contributed by atoms with E-state index < -0.39 is 0 Å². The van der Waals surface area contributed by atoms with Gasteiger partial charge in [0.2, 0.25) is 0 Å². The van der Waals surface area contributed by atoms with Gasteiger partial charge in [-0.15, -0.1) is 11.3 Å². The number of rotatable bonds is 2. The summed E-state index contributed by atoms with van der Waals surface area (Å²) in [5.41, 5.74) is 1.36. The number of hydrogen-bond acceptors (Lipinski definition) is 3. The smallest absolute Gasteiger partial charge is 0.255 e. The predicted molar refractivity (Wildman–Crippen MR) is 74.0 cm³/mol. The van der Waals surface area contributed by atoms with Crippen LogP contribution in [-0.4, -0.2) is 10.9 Å². The minimum Gasteiger partial charge on any atom is -0.321 e. The molecular weight excluding hydrogens is 244 g/mol. The molecule has 3 aromatic rings. The number of benzene rings is 1. The van der Waals surface area contributed by atoms with Crippen molar-refractivity contribution >= 4 is 33.0 Å². The van der Waals surface area contributed by atoms with E-state index in [0.29, 0.717) is 11.3 Å². The molecular formula is C14H10N2OS. The molecule has 0 aliphatic rings. The van der Waals surface area contributed by atoms with Crippen molar-refractivity contribution in [1.82, 2.24) is 4.98 Å². The van der Waals surface area contributed by atoms with Crippen LogP contribution in [0.25, 0.3) is 10.1 Å². The molecule has 1 aromatic carbocycles. The van der Waals surface area contributed by atoms with Crippen LogP contribution in [0.15, 0.2) is 54.2 Å². The third kappa shape index (κ3) is 2.10. The largest absolute Gasteiger partial charge is 0.321 e. The second-order valence-electron chi connectivity index (χ2n) is 3.87. The van der Waals surface area contributed by atoms with E-state index in [1.165, 1.54) is 4.70 Å². The zero-order chi connectivity index (χ0) is 12.4. The molecule has 0 bridgehead atoms. The quantitative estimate of drug-likeness (QED) is 0.760. The van der Waals surface area contributed by atoms with Gasteiger partial charge in [0.1, 0.15) is 0 Å². The Labute approximate surface area is 108 Å². The molecule has 0 unspecified atom stereocenters. The normalized spacial score (nSPS) is 10.4. The van der Waals surface area contributed by atoms with Crippen LogP contribution in [0.3, 0.4) is 0 Å². The van der Waals surface area contributed by atoms with Crippen LogP contribution in [0.1, 0.15) is 10.4 Å². The molecule has 0 aliphatic carbocycles. The van der Waals surface area contributed by atoms with Gasteiger partial charge in [-0.05, 0) is 47.2 Å². The highest BCUT2D eigenvalue weighted by Crippen LogP contribution is 2.22. The predicted octanol–water partition coefficient (Wildman–Crippen LogP) is 3.55. The number of thiophene rings is 1. The first-order chi connectivity index (χ1) is 8.83. The monoisotopic (exact) mass is 254 g/mol. The average molecular weight is 254 g/mol. The highest BCUT2D eigenvalue weighted by atomic mass is 32.1. The number of carbonyl (C=O) groups excluding carboxylic acids is 1. The van der Waals surface area contributed by atoms with Gasteiger partial charge in [0.15, 0.2) is 0 Å². The van der Waals surface area contributed by atoms with Crippen molar-refractivity contribution < 1.29 is 4.79 Å². The topological polar surface area (TPSA) is 42.0 Å². The first kappa shape index (κ1) is 10.9. The zero-order valence-electron chi connectivity index (χ0n) is 9.46. The maximum absolute atomic E-state index is 12.0. The van der Waals surface area contributed by atoms with Gasteiger partial charge >= 0.3 is 0 Å². The Morgan fingerprint density at radius 1 is 1.22 bits per heavy atom. The Morgan fingerprint density at radius 2 is 2.17 bits per heavy atom. The van der Waals surface area contributed by atoms with E-state index in [4.69, 9.17) is 0 Å². The summed E-state index contributed by atoms with van der Waals surface area (Å²) in [5, 5.41) is 5.93. The zero-order valence-corrected chi connectivity index (χ0v) is 10.3. The fraction of sp³-hybridized carbons (Fsp3) is 0. The fourth-order valence-electron chi connectivity index (χ4n) is 1.75. The molecule has 3 rings (SSSR count). The number of nitrogens with one attached hydrogen (secondary N) is 1. The lowest BCUT2D eigenvalue weighted by Gasteiger charge is -2.04. The Hall–Kier alpha value is -2.20. The van der Waals surface area contributed by atoms with Crippen molar-refractivity contribution in [3.8, 4) is 0 Å². The van der Waals surface area contributed by atoms with Crippen LogP contribution in [0.2, 0.25) is 0 Å². The summed E-state index contributed by atoms with van der Waals surface area (Å²) in [7, 11) is 0. The summed E-state index contributed by atoms with van der Waals surface area (Å²) in [6.07, 6.45) is 3.30. The molecule has 18 heavy (non-hydrogen) atoms. The Balaban J connectivity index is 1.87. The first-order valence-electron chi connectivity index (χ1n) is 5.51. The lowest BCUT2D eigenvalue weighted by Crippen LogP contribution is -2.11. The van der Waals surface area contributed by atoms with Crippen molar-refractivity contribution in [1.29, 1.82) is 0 Å². The number of pyridine rings is 1. The van der Waals surface area contributed by atoms with Crippen LogP contribution in [0.4, 0.5) is 5.69 Å². The number of hydrogen-bond donors (Lipinski definition) is 1. The van der Waals surface area contributed by atoms with Gasteiger partial charge in [-0.2, -0.15) is 0 Å². The highest BCUT2D eigenvalue weighted by molar-refractivity contribution is 7.17. The van der Waals surface area contributed by atoms with Crippen molar-refractivity contribution in [2.75, 3.05) is 5.32 Å². The summed E-state index contributed by atoms with van der Waals surface area (Å²) in [4.78, 5) is 16.0. The Kier molecular flexibility index (Phi) is 2.78. The molecule has 0 fully saturated rings. The Bertz CT molecular complexity index is 691. The van der Waals surface area contributed by atoms with E-state index in [1.54, 1.807) is 29.8 Å². The van der Waals surface area contributed by atoms with Gasteiger partial charge in [0.05, 0.1) is 11.9 Å². The maximum Gasteiger partial charge on any atom is 0.255 e. The summed E-state index contributed by atoms with van der Waals surface area (Å²) in [5.74, 6) is -0.115. The minimum absolute atomic E-state index is 0.115. The third-order valence-corrected chi connectivity index (χ3v) is 3.53. The van der Waals surface area contributed by atoms with Gasteiger partial charge in [-0.3, -0.25) is 9.78 Å². The van der Waals surface area contributed by atoms with Crippen molar-refractivity contribution in [3.05, 3.63) is 59.7 Å². The molecule has 4 heteroatoms. The SMILES string of the molecule is O=C(Nc1cccnc1)c1ccc2sccc2c1. The lowest BCUT2D eigenvalue weighted by molar-refractivity contribution is 0.102. The van der Waals surface area contributed by atoms with E-state index in [9.17, 15) is 4.79 Å². The molecule has 1 N–H and O–H groups in total. The van der Waals surface area contributed by atoms with Gasteiger partial charge in [0, 0.05) is 16.5 Å². The van der Waals surface area contributed by atoms with Gasteiger partial charge in [0.25, 0.3) is 5.91 Å². The molecule has 3 nitrogen and oxygen atoms in total. The van der Waals surface area contributed by atoms with Crippen molar-refractivity contribution in [2.24, 2.45) is 0 Å². The summed E-state index contributed by atoms with van der Waals surface area (Å²) in [6, 6.07) is 11.3. The van der Waals surface area contributed by atoms with Gasteiger partial charge < -0.3 is 5.32 Å². The molecule has 1 amide bonds. The molecule has 2 heterocycles. The van der Waals surface area contributed by atoms with Crippen molar-refractivity contribution in [3.63, 3.8) is 0 Å². The van der Waals surface area contributed by atoms with Crippen LogP contribution in [-0.2, 0) is 0 Å². The molecule has 0 spiro atoms. The van der Waals surface area contributed by atoms with E-state index in [2.05, 4.69) is 10.3 Å². The Morgan fingerprint density at radius 3 is 3.00 bits per heavy atom. The number of nitrogens with zero attached hydrogens (tertiary/aromatic N) is 1. The molecule has 0 atom stereocenters. The second kappa shape index (κ2) is 4.58. The number of aromatic nitrogens is 1. The highest BCUT2D eigenvalue weighted by Gasteiger charge is 2.07. The van der Waals surface area contributed by atoms with Gasteiger partial charge in [-0.25, -0.2) is 0 Å². The number of amides is 1. The van der Waals surface area contributed by atoms with E-state index >= 15 is 0 Å². The van der Waals surface area contributed by atoms with Crippen molar-refractivity contribution in [2.45, 2.75) is 0 Å². The number of carbonyl (C=O) groups is 1. The van der Waals surface area contributed by atoms with Crippen LogP contribution in [0, 0.1) is 0 Å². The number of fused-ring (bicyclic) bond motifs is 1.